The van der Waals surface area contributed by atoms with Gasteiger partial charge in [0.1, 0.15) is 42.3 Å². The zero-order chi connectivity index (χ0) is 23.6. The van der Waals surface area contributed by atoms with E-state index in [0.29, 0.717) is 43.1 Å². The molecule has 0 fully saturated rings. The van der Waals surface area contributed by atoms with E-state index in [2.05, 4.69) is 16.6 Å². The Kier molecular flexibility index (Phi) is 8.81. The predicted molar refractivity (Wildman–Crippen MR) is 125 cm³/mol. The highest BCUT2D eigenvalue weighted by Crippen LogP contribution is 2.38. The van der Waals surface area contributed by atoms with Gasteiger partial charge in [0.2, 0.25) is 5.91 Å². The Morgan fingerprint density at radius 3 is 2.55 bits per heavy atom. The fourth-order valence-corrected chi connectivity index (χ4v) is 3.56. The zero-order valence-electron chi connectivity index (χ0n) is 19.0. The Morgan fingerprint density at radius 1 is 1.12 bits per heavy atom. The predicted octanol–water partition coefficient (Wildman–Crippen LogP) is 2.17. The van der Waals surface area contributed by atoms with Gasteiger partial charge in [-0.1, -0.05) is 5.92 Å². The van der Waals surface area contributed by atoms with Crippen molar-refractivity contribution in [3.8, 4) is 35.3 Å². The van der Waals surface area contributed by atoms with Crippen LogP contribution in [-0.4, -0.2) is 57.6 Å². The number of aliphatic hydroxyl groups is 1. The van der Waals surface area contributed by atoms with Gasteiger partial charge in [0, 0.05) is 24.6 Å². The summed E-state index contributed by atoms with van der Waals surface area (Å²) in [6, 6.07) is 9.24. The molecule has 0 bridgehead atoms. The maximum atomic E-state index is 11.8. The number of methoxy groups -OCH3 is 2. The molecule has 2 aromatic carbocycles. The highest BCUT2D eigenvalue weighted by atomic mass is 16.5. The Morgan fingerprint density at radius 2 is 1.85 bits per heavy atom. The zero-order valence-corrected chi connectivity index (χ0v) is 19.0. The quantitative estimate of drug-likeness (QED) is 0.334. The Hall–Kier alpha value is -3.41. The van der Waals surface area contributed by atoms with Crippen LogP contribution in [0.1, 0.15) is 17.5 Å². The lowest BCUT2D eigenvalue weighted by molar-refractivity contribution is -0.116. The molecular weight excluding hydrogens is 424 g/mol. The first-order valence-electron chi connectivity index (χ1n) is 10.8. The van der Waals surface area contributed by atoms with Crippen molar-refractivity contribution < 1.29 is 28.8 Å². The summed E-state index contributed by atoms with van der Waals surface area (Å²) in [6.07, 6.45) is 6.22. The molecule has 176 valence electrons. The van der Waals surface area contributed by atoms with Gasteiger partial charge < -0.3 is 34.7 Å². The number of terminal acetylenes is 1. The molecule has 0 aromatic heterocycles. The van der Waals surface area contributed by atoms with Gasteiger partial charge in [-0.15, -0.1) is 6.42 Å². The monoisotopic (exact) mass is 454 g/mol. The van der Waals surface area contributed by atoms with E-state index in [4.69, 9.17) is 25.4 Å². The van der Waals surface area contributed by atoms with Crippen LogP contribution in [0.3, 0.4) is 0 Å². The molecule has 3 N–H and O–H groups in total. The van der Waals surface area contributed by atoms with Gasteiger partial charge in [0.25, 0.3) is 0 Å². The van der Waals surface area contributed by atoms with Gasteiger partial charge in [-0.05, 0) is 49.2 Å². The number of rotatable bonds is 12. The number of hydrogen-bond acceptors (Lipinski definition) is 7. The molecule has 33 heavy (non-hydrogen) atoms. The van der Waals surface area contributed by atoms with Crippen LogP contribution in [0.25, 0.3) is 0 Å². The summed E-state index contributed by atoms with van der Waals surface area (Å²) in [7, 11) is 3.24. The van der Waals surface area contributed by atoms with E-state index in [1.807, 2.05) is 18.2 Å². The largest absolute Gasteiger partial charge is 0.497 e. The normalized spacial score (nSPS) is 13.3. The van der Waals surface area contributed by atoms with Crippen molar-refractivity contribution in [3.63, 3.8) is 0 Å². The molecule has 1 aliphatic heterocycles. The number of carbonyl (C=O) groups excluding carboxylic acids is 1. The minimum Gasteiger partial charge on any atom is -0.497 e. The minimum atomic E-state index is -0.698. The lowest BCUT2D eigenvalue weighted by Crippen LogP contribution is -2.32. The fraction of sp³-hybridized carbons (Fsp3) is 0.400. The van der Waals surface area contributed by atoms with Crippen LogP contribution in [0.15, 0.2) is 30.3 Å². The second kappa shape index (κ2) is 12.0. The van der Waals surface area contributed by atoms with Gasteiger partial charge >= 0.3 is 0 Å². The fourth-order valence-electron chi connectivity index (χ4n) is 3.56. The van der Waals surface area contributed by atoms with E-state index in [1.54, 1.807) is 26.4 Å². The lowest BCUT2D eigenvalue weighted by Gasteiger charge is -2.23. The first kappa shape index (κ1) is 24.2. The van der Waals surface area contributed by atoms with Crippen LogP contribution in [0, 0.1) is 12.3 Å². The van der Waals surface area contributed by atoms with Gasteiger partial charge in [-0.3, -0.25) is 4.79 Å². The summed E-state index contributed by atoms with van der Waals surface area (Å²) >= 11 is 0. The number of aliphatic hydroxyl groups excluding tert-OH is 1. The summed E-state index contributed by atoms with van der Waals surface area (Å²) in [5.41, 5.74) is 2.50. The van der Waals surface area contributed by atoms with Crippen molar-refractivity contribution in [2.45, 2.75) is 25.4 Å². The number of anilines is 1. The molecule has 8 heteroatoms. The summed E-state index contributed by atoms with van der Waals surface area (Å²) in [5, 5.41) is 16.4. The molecule has 0 aliphatic carbocycles. The van der Waals surface area contributed by atoms with Crippen LogP contribution in [0.5, 0.6) is 23.0 Å². The average molecular weight is 455 g/mol. The molecular formula is C25H30N2O6. The molecule has 8 nitrogen and oxygen atoms in total. The Balaban J connectivity index is 1.50. The van der Waals surface area contributed by atoms with Gasteiger partial charge in [0.05, 0.1) is 19.9 Å². The molecule has 3 rings (SSSR count). The number of carbonyl (C=O) groups is 1. The highest BCUT2D eigenvalue weighted by Gasteiger charge is 2.23. The van der Waals surface area contributed by atoms with Crippen molar-refractivity contribution in [1.29, 1.82) is 0 Å². The smallest absolute Gasteiger partial charge is 0.224 e. The van der Waals surface area contributed by atoms with Crippen molar-refractivity contribution in [3.05, 3.63) is 41.5 Å². The van der Waals surface area contributed by atoms with E-state index in [-0.39, 0.29) is 19.1 Å². The number of ether oxygens (including phenoxy) is 4. The summed E-state index contributed by atoms with van der Waals surface area (Å²) in [5.74, 6) is 4.95. The third-order valence-corrected chi connectivity index (χ3v) is 5.22. The first-order valence-corrected chi connectivity index (χ1v) is 10.8. The summed E-state index contributed by atoms with van der Waals surface area (Å²) in [4.78, 5) is 11.8. The van der Waals surface area contributed by atoms with Gasteiger partial charge in [0.15, 0.2) is 0 Å². The highest BCUT2D eigenvalue weighted by molar-refractivity contribution is 5.96. The van der Waals surface area contributed by atoms with Crippen LogP contribution in [0.2, 0.25) is 0 Å². The second-order valence-corrected chi connectivity index (χ2v) is 7.60. The van der Waals surface area contributed by atoms with Crippen LogP contribution in [0.4, 0.5) is 5.69 Å². The van der Waals surface area contributed by atoms with Crippen LogP contribution < -0.4 is 29.6 Å². The standard InChI is InChI=1S/C25H30N2O6/c1-4-11-32-23-7-6-22(21-5-8-24(29)27-25(21)23)33-16-18(28)15-26-10-9-17-12-19(30-2)14-20(13-17)31-3/h1,6-7,12-14,18,26,28H,5,8-11,15-16H2,2-3H3,(H,27,29). The third-order valence-electron chi connectivity index (χ3n) is 5.22. The molecule has 1 amide bonds. The number of hydrogen-bond donors (Lipinski definition) is 3. The average Bonchev–Trinajstić information content (AvgIpc) is 2.83. The SMILES string of the molecule is C#CCOc1ccc(OCC(O)CNCCc2cc(OC)cc(OC)c2)c2c1NC(=O)CC2. The van der Waals surface area contributed by atoms with Crippen LogP contribution >= 0.6 is 0 Å². The molecule has 0 spiro atoms. The van der Waals surface area contributed by atoms with Crippen molar-refractivity contribution in [1.82, 2.24) is 5.32 Å². The van der Waals surface area contributed by atoms with Gasteiger partial charge in [-0.25, -0.2) is 0 Å². The number of nitrogens with one attached hydrogen (secondary N) is 2. The van der Waals surface area contributed by atoms with Crippen LogP contribution in [-0.2, 0) is 17.6 Å². The number of fused-ring (bicyclic) bond motifs is 1. The van der Waals surface area contributed by atoms with Crippen molar-refractivity contribution >= 4 is 11.6 Å². The summed E-state index contributed by atoms with van der Waals surface area (Å²) in [6.45, 7) is 1.28. The molecule has 0 radical (unpaired) electrons. The third kappa shape index (κ3) is 6.78. The Labute approximate surface area is 194 Å². The second-order valence-electron chi connectivity index (χ2n) is 7.60. The van der Waals surface area contributed by atoms with E-state index >= 15 is 0 Å². The molecule has 0 saturated carbocycles. The molecule has 1 heterocycles. The molecule has 0 saturated heterocycles. The molecule has 2 aromatic rings. The molecule has 1 atom stereocenters. The minimum absolute atomic E-state index is 0.0805. The number of amides is 1. The Bertz CT molecular complexity index is 979. The van der Waals surface area contributed by atoms with E-state index < -0.39 is 6.10 Å². The molecule has 1 unspecified atom stereocenters. The van der Waals surface area contributed by atoms with E-state index in [9.17, 15) is 9.90 Å². The maximum Gasteiger partial charge on any atom is 0.224 e. The molecule has 1 aliphatic rings. The number of benzene rings is 2. The first-order chi connectivity index (χ1) is 16.0. The topological polar surface area (TPSA) is 98.3 Å². The van der Waals surface area contributed by atoms with Crippen molar-refractivity contribution in [2.24, 2.45) is 0 Å². The van der Waals surface area contributed by atoms with Crippen molar-refractivity contribution in [2.75, 3.05) is 45.8 Å². The summed E-state index contributed by atoms with van der Waals surface area (Å²) < 4.78 is 22.0. The maximum absolute atomic E-state index is 11.8. The van der Waals surface area contributed by atoms with Gasteiger partial charge in [-0.2, -0.15) is 0 Å². The van der Waals surface area contributed by atoms with E-state index in [0.717, 1.165) is 29.0 Å². The van der Waals surface area contributed by atoms with E-state index in [1.165, 1.54) is 0 Å². The lowest BCUT2D eigenvalue weighted by atomic mass is 10.0.